The molecule has 0 rings (SSSR count). The van der Waals surface area contributed by atoms with Crippen molar-refractivity contribution >= 4 is 17.1 Å². The van der Waals surface area contributed by atoms with Gasteiger partial charge in [-0.15, -0.1) is 0 Å². The maximum absolute atomic E-state index is 9.73. The topological polar surface area (TPSA) is 78.7 Å². The summed E-state index contributed by atoms with van der Waals surface area (Å²) in [5.41, 5.74) is 0.566. The Kier molecular flexibility index (Phi) is 13.2. The molecule has 0 radical (unpaired) electrons. The summed E-state index contributed by atoms with van der Waals surface area (Å²) in [7, 11) is 2.72. The highest BCUT2D eigenvalue weighted by molar-refractivity contribution is 8.21. The van der Waals surface area contributed by atoms with Crippen molar-refractivity contribution in [2.75, 3.05) is 53.5 Å². The average molecular weight is 351 g/mol. The van der Waals surface area contributed by atoms with Crippen LogP contribution in [0.25, 0.3) is 0 Å². The monoisotopic (exact) mass is 351 g/mol. The second-order valence-corrected chi connectivity index (χ2v) is 6.96. The van der Waals surface area contributed by atoms with Crippen LogP contribution in [0, 0.1) is 0 Å². The fourth-order valence-electron chi connectivity index (χ4n) is 1.57. The van der Waals surface area contributed by atoms with Gasteiger partial charge in [0.2, 0.25) is 0 Å². The first-order valence-electron chi connectivity index (χ1n) is 7.17. The molecule has 0 bridgehead atoms. The Labute approximate surface area is 140 Å². The Bertz CT molecular complexity index is 352. The maximum Gasteiger partial charge on any atom is 0.101 e. The van der Waals surface area contributed by atoms with Gasteiger partial charge in [-0.05, 0) is 6.42 Å². The molecule has 0 aromatic carbocycles. The lowest BCUT2D eigenvalue weighted by atomic mass is 10.4. The lowest BCUT2D eigenvalue weighted by Gasteiger charge is -2.33. The molecule has 0 aromatic heterocycles. The third-order valence-corrected chi connectivity index (χ3v) is 5.01. The van der Waals surface area contributed by atoms with Gasteiger partial charge in [-0.25, -0.2) is 0 Å². The summed E-state index contributed by atoms with van der Waals surface area (Å²) in [5.74, 6) is 0.601. The van der Waals surface area contributed by atoms with Gasteiger partial charge in [0.15, 0.2) is 0 Å². The predicted molar refractivity (Wildman–Crippen MR) is 93.6 cm³/mol. The first kappa shape index (κ1) is 22.3. The van der Waals surface area contributed by atoms with E-state index in [1.165, 1.54) is 6.21 Å². The first-order chi connectivity index (χ1) is 11.0. The van der Waals surface area contributed by atoms with E-state index < -0.39 is 17.0 Å². The minimum atomic E-state index is -1.94. The summed E-state index contributed by atoms with van der Waals surface area (Å²) < 4.78 is 26.4. The van der Waals surface area contributed by atoms with Gasteiger partial charge >= 0.3 is 0 Å². The molecule has 8 heteroatoms. The Morgan fingerprint density at radius 3 is 2.35 bits per heavy atom. The summed E-state index contributed by atoms with van der Waals surface area (Å²) in [6, 6.07) is 0. The van der Waals surface area contributed by atoms with Crippen LogP contribution in [-0.2, 0) is 22.0 Å². The van der Waals surface area contributed by atoms with Crippen molar-refractivity contribution in [3.63, 3.8) is 0 Å². The van der Waals surface area contributed by atoms with E-state index in [1.807, 2.05) is 0 Å². The summed E-state index contributed by atoms with van der Waals surface area (Å²) in [5, 5.41) is 9.73. The predicted octanol–water partition coefficient (Wildman–Crippen LogP) is 2.03. The number of aliphatic imine (C=N–C) groups is 1. The van der Waals surface area contributed by atoms with E-state index in [9.17, 15) is 5.11 Å². The quantitative estimate of drug-likeness (QED) is 0.359. The number of hydrogen-bond donors (Lipinski definition) is 1. The van der Waals surface area contributed by atoms with Crippen molar-refractivity contribution < 1.29 is 27.1 Å². The lowest BCUT2D eigenvalue weighted by Crippen LogP contribution is -2.23. The molecule has 1 unspecified atom stereocenters. The molecule has 7 nitrogen and oxygen atoms in total. The lowest BCUT2D eigenvalue weighted by molar-refractivity contribution is -0.0140. The molecule has 0 aliphatic rings. The number of ether oxygens (including phenoxy) is 2. The SMILES string of the molecule is C=CC=NC(=C)COCC(O)COCCCS(OC)(OC)OC. The summed E-state index contributed by atoms with van der Waals surface area (Å²) >= 11 is 0. The van der Waals surface area contributed by atoms with Crippen LogP contribution in [0.3, 0.4) is 0 Å². The second-order valence-electron chi connectivity index (χ2n) is 4.44. The molecule has 1 atom stereocenters. The first-order valence-corrected chi connectivity index (χ1v) is 8.75. The van der Waals surface area contributed by atoms with Crippen molar-refractivity contribution in [3.8, 4) is 0 Å². The number of allylic oxidation sites excluding steroid dienone is 1. The molecule has 23 heavy (non-hydrogen) atoms. The second kappa shape index (κ2) is 13.7. The summed E-state index contributed by atoms with van der Waals surface area (Å²) in [6.07, 6.45) is 3.09. The van der Waals surface area contributed by atoms with E-state index in [4.69, 9.17) is 22.0 Å². The van der Waals surface area contributed by atoms with Crippen LogP contribution >= 0.6 is 10.9 Å². The van der Waals surface area contributed by atoms with Crippen molar-refractivity contribution in [2.45, 2.75) is 12.5 Å². The van der Waals surface area contributed by atoms with Gasteiger partial charge in [0.05, 0.1) is 57.7 Å². The molecule has 136 valence electrons. The van der Waals surface area contributed by atoms with Crippen LogP contribution in [0.15, 0.2) is 29.9 Å². The normalized spacial score (nSPS) is 14.1. The standard InChI is InChI=1S/C15H29NO6S/c1-6-8-16-14(2)11-22-13-15(17)12-21-9-7-10-23(18-3,19-4)20-5/h6,8,15,17H,1-2,7,9-13H2,3-5H3. The zero-order valence-electron chi connectivity index (χ0n) is 14.2. The largest absolute Gasteiger partial charge is 0.388 e. The van der Waals surface area contributed by atoms with Crippen LogP contribution in [0.4, 0.5) is 0 Å². The maximum atomic E-state index is 9.73. The van der Waals surface area contributed by atoms with Crippen molar-refractivity contribution in [1.29, 1.82) is 0 Å². The molecular weight excluding hydrogens is 322 g/mol. The Morgan fingerprint density at radius 1 is 1.17 bits per heavy atom. The fourth-order valence-corrected chi connectivity index (χ4v) is 2.95. The molecule has 0 saturated carbocycles. The van der Waals surface area contributed by atoms with E-state index >= 15 is 0 Å². The molecule has 0 fully saturated rings. The molecule has 0 heterocycles. The molecule has 0 aliphatic heterocycles. The minimum absolute atomic E-state index is 0.159. The number of aliphatic hydroxyl groups excluding tert-OH is 1. The van der Waals surface area contributed by atoms with Gasteiger partial charge in [0, 0.05) is 18.6 Å². The van der Waals surface area contributed by atoms with Crippen molar-refractivity contribution in [2.24, 2.45) is 4.99 Å². The summed E-state index contributed by atoms with van der Waals surface area (Å²) in [6.45, 7) is 8.29. The number of rotatable bonds is 15. The van der Waals surface area contributed by atoms with E-state index in [0.717, 1.165) is 0 Å². The zero-order valence-corrected chi connectivity index (χ0v) is 15.0. The van der Waals surface area contributed by atoms with Gasteiger partial charge in [0.1, 0.15) is 6.10 Å². The molecule has 0 spiro atoms. The third kappa shape index (κ3) is 10.6. The highest BCUT2D eigenvalue weighted by Crippen LogP contribution is 2.49. The molecule has 0 amide bonds. The molecule has 0 aliphatic carbocycles. The van der Waals surface area contributed by atoms with Gasteiger partial charge in [-0.3, -0.25) is 17.5 Å². The van der Waals surface area contributed by atoms with Crippen LogP contribution in [0.5, 0.6) is 0 Å². The molecule has 0 saturated heterocycles. The Morgan fingerprint density at radius 2 is 1.78 bits per heavy atom. The Hall–Kier alpha value is -0.740. The highest BCUT2D eigenvalue weighted by Gasteiger charge is 2.22. The van der Waals surface area contributed by atoms with Crippen molar-refractivity contribution in [3.05, 3.63) is 24.9 Å². The number of aliphatic hydroxyl groups is 1. The molecular formula is C15H29NO6S. The van der Waals surface area contributed by atoms with Gasteiger partial charge in [-0.2, -0.15) is 0 Å². The van der Waals surface area contributed by atoms with Crippen LogP contribution in [0.2, 0.25) is 0 Å². The molecule has 0 aromatic rings. The van der Waals surface area contributed by atoms with E-state index in [-0.39, 0.29) is 19.8 Å². The Balaban J connectivity index is 3.71. The number of hydrogen-bond acceptors (Lipinski definition) is 7. The average Bonchev–Trinajstić information content (AvgIpc) is 2.57. The molecule has 1 N–H and O–H groups in total. The van der Waals surface area contributed by atoms with Crippen molar-refractivity contribution in [1.82, 2.24) is 0 Å². The van der Waals surface area contributed by atoms with Gasteiger partial charge < -0.3 is 14.6 Å². The number of nitrogens with zero attached hydrogens (tertiary/aromatic N) is 1. The third-order valence-electron chi connectivity index (χ3n) is 2.70. The van der Waals surface area contributed by atoms with E-state index in [2.05, 4.69) is 18.2 Å². The van der Waals surface area contributed by atoms with E-state index in [1.54, 1.807) is 27.4 Å². The van der Waals surface area contributed by atoms with Crippen LogP contribution < -0.4 is 0 Å². The van der Waals surface area contributed by atoms with E-state index in [0.29, 0.717) is 24.5 Å². The van der Waals surface area contributed by atoms with Gasteiger partial charge in [0.25, 0.3) is 0 Å². The minimum Gasteiger partial charge on any atom is -0.388 e. The summed E-state index contributed by atoms with van der Waals surface area (Å²) in [4.78, 5) is 3.96. The highest BCUT2D eigenvalue weighted by atomic mass is 32.3. The smallest absolute Gasteiger partial charge is 0.101 e. The fraction of sp³-hybridized carbons (Fsp3) is 0.667. The zero-order chi connectivity index (χ0) is 17.6. The van der Waals surface area contributed by atoms with Crippen LogP contribution in [0.1, 0.15) is 6.42 Å². The van der Waals surface area contributed by atoms with Crippen LogP contribution in [-0.4, -0.2) is 70.9 Å². The van der Waals surface area contributed by atoms with Gasteiger partial charge in [-0.1, -0.05) is 19.2 Å².